The molecule has 2 aromatic carbocycles. The Kier molecular flexibility index (Phi) is 7.04. The van der Waals surface area contributed by atoms with Crippen LogP contribution in [0, 0.1) is 0 Å². The van der Waals surface area contributed by atoms with Crippen molar-refractivity contribution in [3.05, 3.63) is 117 Å². The van der Waals surface area contributed by atoms with Gasteiger partial charge in [-0.25, -0.2) is 0 Å². The van der Waals surface area contributed by atoms with Crippen molar-refractivity contribution in [3.63, 3.8) is 0 Å². The molecule has 3 aromatic rings. The zero-order valence-corrected chi connectivity index (χ0v) is 25.0. The predicted octanol–water partition coefficient (Wildman–Crippen LogP) is 4.53. The number of rotatable bonds is 6. The summed E-state index contributed by atoms with van der Waals surface area (Å²) in [6.07, 6.45) is 2.35. The van der Waals surface area contributed by atoms with Gasteiger partial charge in [0.2, 0.25) is 0 Å². The van der Waals surface area contributed by atoms with E-state index >= 15 is 0 Å². The second-order valence-corrected chi connectivity index (χ2v) is 27.0. The van der Waals surface area contributed by atoms with Crippen molar-refractivity contribution in [3.8, 4) is 0 Å². The maximum atomic E-state index is 14.0. The molecule has 38 heavy (non-hydrogen) atoms. The minimum atomic E-state index is -3.76. The van der Waals surface area contributed by atoms with Crippen molar-refractivity contribution in [1.29, 1.82) is 0 Å². The third-order valence-corrected chi connectivity index (χ3v) is 15.6. The Hall–Kier alpha value is -3.24. The third-order valence-electron chi connectivity index (χ3n) is 6.70. The van der Waals surface area contributed by atoms with Crippen LogP contribution in [0.2, 0.25) is 14.8 Å². The summed E-state index contributed by atoms with van der Waals surface area (Å²) in [7, 11) is -3.76. The zero-order chi connectivity index (χ0) is 27.1. The fourth-order valence-electron chi connectivity index (χ4n) is 4.78. The van der Waals surface area contributed by atoms with E-state index in [0.29, 0.717) is 9.28 Å². The summed E-state index contributed by atoms with van der Waals surface area (Å²) in [6.45, 7) is 0. The average molecular weight is 635 g/mol. The number of β-lactam (4-membered cyclic amide) rings is 1. The predicted molar refractivity (Wildman–Crippen MR) is 148 cm³/mol. The first-order valence-electron chi connectivity index (χ1n) is 12.3. The normalized spacial score (nSPS) is 19.8. The Labute approximate surface area is 226 Å². The Morgan fingerprint density at radius 3 is 2.08 bits per heavy atom. The van der Waals surface area contributed by atoms with Gasteiger partial charge in [-0.2, -0.15) is 0 Å². The number of ether oxygens (including phenoxy) is 1. The van der Waals surface area contributed by atoms with Gasteiger partial charge in [-0.1, -0.05) is 0 Å². The number of aromatic nitrogens is 1. The van der Waals surface area contributed by atoms with Gasteiger partial charge in [-0.15, -0.1) is 0 Å². The first-order chi connectivity index (χ1) is 18.1. The summed E-state index contributed by atoms with van der Waals surface area (Å²) in [5.41, 5.74) is 2.24. The Bertz CT molecular complexity index is 1510. The topological polar surface area (TPSA) is 93.6 Å². The van der Waals surface area contributed by atoms with Crippen LogP contribution in [-0.2, 0) is 24.2 Å². The molecule has 5 rings (SSSR count). The van der Waals surface area contributed by atoms with Crippen LogP contribution in [0.4, 0.5) is 0 Å². The summed E-state index contributed by atoms with van der Waals surface area (Å²) in [4.78, 5) is 38.9. The quantitative estimate of drug-likeness (QED) is 0.171. The van der Waals surface area contributed by atoms with Crippen molar-refractivity contribution in [2.24, 2.45) is 0 Å². The molecule has 0 spiro atoms. The number of hydrogen-bond donors (Lipinski definition) is 0. The molecule has 9 heteroatoms. The molecular weight excluding hydrogens is 607 g/mol. The molecule has 1 unspecified atom stereocenters. The van der Waals surface area contributed by atoms with Crippen LogP contribution in [0.25, 0.3) is 6.08 Å². The SMILES string of the molecule is [CH3][Sn]([CH3])([CH3])[C]1=C(C(=O)OC(c2ccccc2)c2ccccc2)N2C(=O)/C(=C\c3ccccn3)C2S(=O)(=O)C1. The molecule has 1 saturated heterocycles. The van der Waals surface area contributed by atoms with Crippen LogP contribution >= 0.6 is 0 Å². The van der Waals surface area contributed by atoms with Crippen molar-refractivity contribution in [2.75, 3.05) is 5.75 Å². The van der Waals surface area contributed by atoms with Gasteiger partial charge in [-0.05, 0) is 0 Å². The van der Waals surface area contributed by atoms with Gasteiger partial charge < -0.3 is 0 Å². The molecule has 0 bridgehead atoms. The Morgan fingerprint density at radius 2 is 1.55 bits per heavy atom. The van der Waals surface area contributed by atoms with E-state index in [2.05, 4.69) is 4.98 Å². The number of carbonyl (C=O) groups is 2. The fourth-order valence-corrected chi connectivity index (χ4v) is 15.1. The van der Waals surface area contributed by atoms with E-state index in [9.17, 15) is 18.0 Å². The molecule has 2 aliphatic rings. The molecule has 1 amide bonds. The van der Waals surface area contributed by atoms with Gasteiger partial charge in [-0.3, -0.25) is 0 Å². The Balaban J connectivity index is 1.59. The van der Waals surface area contributed by atoms with E-state index < -0.39 is 51.6 Å². The molecule has 1 fully saturated rings. The van der Waals surface area contributed by atoms with E-state index in [1.54, 1.807) is 24.4 Å². The zero-order valence-electron chi connectivity index (χ0n) is 21.4. The molecule has 0 aliphatic carbocycles. The molecule has 2 aliphatic heterocycles. The molecule has 0 N–H and O–H groups in total. The van der Waals surface area contributed by atoms with Gasteiger partial charge in [0.1, 0.15) is 0 Å². The van der Waals surface area contributed by atoms with Crippen LogP contribution in [0.15, 0.2) is 99.9 Å². The second kappa shape index (κ2) is 10.1. The monoisotopic (exact) mass is 636 g/mol. The van der Waals surface area contributed by atoms with Crippen molar-refractivity contribution in [2.45, 2.75) is 26.3 Å². The molecule has 3 heterocycles. The van der Waals surface area contributed by atoms with Crippen LogP contribution in [0.5, 0.6) is 0 Å². The maximum absolute atomic E-state index is 14.0. The summed E-state index contributed by atoms with van der Waals surface area (Å²) in [5, 5.41) is -1.23. The Morgan fingerprint density at radius 1 is 0.974 bits per heavy atom. The number of nitrogens with zero attached hydrogens (tertiary/aromatic N) is 2. The van der Waals surface area contributed by atoms with E-state index in [-0.39, 0.29) is 17.0 Å². The summed E-state index contributed by atoms with van der Waals surface area (Å²) >= 11 is -3.22. The molecule has 7 nitrogen and oxygen atoms in total. The summed E-state index contributed by atoms with van der Waals surface area (Å²) < 4.78 is 33.6. The third kappa shape index (κ3) is 4.94. The first kappa shape index (κ1) is 26.4. The fraction of sp³-hybridized carbons (Fsp3) is 0.207. The van der Waals surface area contributed by atoms with Crippen molar-refractivity contribution in [1.82, 2.24) is 9.88 Å². The molecular formula is C29H28N2O5SSn. The number of sulfone groups is 1. The number of benzene rings is 2. The number of carbonyl (C=O) groups excluding carboxylic acids is 2. The standard InChI is InChI=1S/C26H19N2O5S.3CH3.Sn/c29-24-21(17-20-13-7-8-15-27-20)25-28(24)22(14-16-34(25,31)32)26(30)33-23(18-9-3-1-4-10-18)19-11-5-2-6-12-19;;;;/h1-13,15,17,23,25H,16H2;3*1H3;/b21-17+;;;;. The van der Waals surface area contributed by atoms with E-state index in [0.717, 1.165) is 16.0 Å². The van der Waals surface area contributed by atoms with E-state index in [1.165, 1.54) is 6.08 Å². The number of pyridine rings is 1. The van der Waals surface area contributed by atoms with Crippen LogP contribution < -0.4 is 0 Å². The molecule has 1 atom stereocenters. The first-order valence-corrected chi connectivity index (χ1v) is 24.0. The van der Waals surface area contributed by atoms with Gasteiger partial charge in [0, 0.05) is 0 Å². The number of fused-ring (bicyclic) bond motifs is 1. The van der Waals surface area contributed by atoms with Crippen molar-refractivity contribution < 1.29 is 22.7 Å². The van der Waals surface area contributed by atoms with Gasteiger partial charge >= 0.3 is 228 Å². The summed E-state index contributed by atoms with van der Waals surface area (Å²) in [6, 6.07) is 23.9. The van der Waals surface area contributed by atoms with E-state index in [1.807, 2.05) is 75.5 Å². The number of esters is 1. The second-order valence-electron chi connectivity index (χ2n) is 10.4. The molecule has 194 valence electrons. The molecule has 1 aromatic heterocycles. The van der Waals surface area contributed by atoms with Crippen LogP contribution in [-0.4, -0.2) is 59.7 Å². The average Bonchev–Trinajstić information content (AvgIpc) is 2.90. The number of amides is 1. The van der Waals surface area contributed by atoms with E-state index in [4.69, 9.17) is 4.74 Å². The molecule has 0 saturated carbocycles. The molecule has 0 radical (unpaired) electrons. The van der Waals surface area contributed by atoms with Crippen LogP contribution in [0.1, 0.15) is 22.9 Å². The summed E-state index contributed by atoms with van der Waals surface area (Å²) in [5.74, 6) is -1.46. The van der Waals surface area contributed by atoms with Crippen LogP contribution in [0.3, 0.4) is 0 Å². The number of hydrogen-bond acceptors (Lipinski definition) is 6. The van der Waals surface area contributed by atoms with Crippen molar-refractivity contribution >= 4 is 46.2 Å². The van der Waals surface area contributed by atoms with Gasteiger partial charge in [0.05, 0.1) is 0 Å². The van der Waals surface area contributed by atoms with Gasteiger partial charge in [0.15, 0.2) is 0 Å². The minimum absolute atomic E-state index is 0.0909. The van der Waals surface area contributed by atoms with Gasteiger partial charge in [0.25, 0.3) is 0 Å².